The van der Waals surface area contributed by atoms with Gasteiger partial charge in [-0.25, -0.2) is 0 Å². The molecule has 0 bridgehead atoms. The average molecular weight is 305 g/mol. The molecule has 2 unspecified atom stereocenters. The fourth-order valence-corrected chi connectivity index (χ4v) is 2.34. The Hall–Kier alpha value is -0.730. The van der Waals surface area contributed by atoms with Crippen LogP contribution in [0, 0.1) is 5.92 Å². The van der Waals surface area contributed by atoms with E-state index in [4.69, 9.17) is 18.9 Å². The summed E-state index contributed by atoms with van der Waals surface area (Å²) in [7, 11) is 1.64. The van der Waals surface area contributed by atoms with Crippen LogP contribution in [0.5, 0.6) is 0 Å². The van der Waals surface area contributed by atoms with Crippen LogP contribution in [-0.2, 0) is 23.7 Å². The minimum atomic E-state index is -0.789. The van der Waals surface area contributed by atoms with E-state index >= 15 is 0 Å². The molecular weight excluding hydrogens is 278 g/mol. The smallest absolute Gasteiger partial charge is 0.310 e. The van der Waals surface area contributed by atoms with Gasteiger partial charge < -0.3 is 24.1 Å². The highest BCUT2D eigenvalue weighted by Gasteiger charge is 2.37. The second-order valence-electron chi connectivity index (χ2n) is 4.90. The number of ether oxygens (including phenoxy) is 4. The van der Waals surface area contributed by atoms with Gasteiger partial charge in [-0.1, -0.05) is 6.92 Å². The average Bonchev–Trinajstić information content (AvgIpc) is 2.95. The molecule has 1 aliphatic heterocycles. The summed E-state index contributed by atoms with van der Waals surface area (Å²) in [4.78, 5) is 13.3. The number of hydrogen-bond donors (Lipinski definition) is 1. The molecule has 0 spiro atoms. The van der Waals surface area contributed by atoms with Gasteiger partial charge >= 0.3 is 5.97 Å². The predicted octanol–water partition coefficient (Wildman–Crippen LogP) is 0.0875. The zero-order valence-corrected chi connectivity index (χ0v) is 13.0. The van der Waals surface area contributed by atoms with Crippen molar-refractivity contribution in [1.29, 1.82) is 0 Å². The third-order valence-corrected chi connectivity index (χ3v) is 3.57. The molecule has 1 heterocycles. The van der Waals surface area contributed by atoms with E-state index in [0.29, 0.717) is 52.8 Å². The van der Waals surface area contributed by atoms with E-state index in [-0.39, 0.29) is 6.04 Å². The number of likely N-dealkylation sites (N-methyl/N-ethyl adjacent to an activating group) is 1. The van der Waals surface area contributed by atoms with Crippen LogP contribution in [0.25, 0.3) is 0 Å². The molecule has 1 N–H and O–H groups in total. The highest BCUT2D eigenvalue weighted by Crippen LogP contribution is 2.19. The van der Waals surface area contributed by atoms with Gasteiger partial charge in [-0.3, -0.25) is 9.69 Å². The second-order valence-corrected chi connectivity index (χ2v) is 4.90. The van der Waals surface area contributed by atoms with Crippen molar-refractivity contribution in [3.8, 4) is 0 Å². The maximum Gasteiger partial charge on any atom is 0.310 e. The van der Waals surface area contributed by atoms with Crippen molar-refractivity contribution < 1.29 is 28.8 Å². The lowest BCUT2D eigenvalue weighted by molar-refractivity contribution is -0.143. The van der Waals surface area contributed by atoms with E-state index in [1.807, 2.05) is 6.92 Å². The maximum atomic E-state index is 11.2. The lowest BCUT2D eigenvalue weighted by atomic mass is 10.0. The van der Waals surface area contributed by atoms with Crippen molar-refractivity contribution in [2.45, 2.75) is 13.0 Å². The van der Waals surface area contributed by atoms with Gasteiger partial charge in [-0.05, 0) is 6.54 Å². The molecule has 1 rings (SSSR count). The monoisotopic (exact) mass is 305 g/mol. The first-order valence-corrected chi connectivity index (χ1v) is 7.39. The fourth-order valence-electron chi connectivity index (χ4n) is 2.34. The molecule has 0 aromatic heterocycles. The predicted molar refractivity (Wildman–Crippen MR) is 76.5 cm³/mol. The van der Waals surface area contributed by atoms with E-state index < -0.39 is 11.9 Å². The summed E-state index contributed by atoms with van der Waals surface area (Å²) in [6.45, 7) is 7.07. The molecule has 7 nitrogen and oxygen atoms in total. The minimum absolute atomic E-state index is 0.0611. The van der Waals surface area contributed by atoms with Crippen LogP contribution < -0.4 is 0 Å². The molecule has 1 fully saturated rings. The summed E-state index contributed by atoms with van der Waals surface area (Å²) in [6.07, 6.45) is 0. The molecule has 1 saturated heterocycles. The summed E-state index contributed by atoms with van der Waals surface area (Å²) >= 11 is 0. The number of carbonyl (C=O) groups is 1. The van der Waals surface area contributed by atoms with E-state index in [1.54, 1.807) is 7.11 Å². The number of carboxylic acid groups (broad SMARTS) is 1. The molecule has 0 aliphatic carbocycles. The van der Waals surface area contributed by atoms with Crippen LogP contribution in [0.15, 0.2) is 0 Å². The lowest BCUT2D eigenvalue weighted by Crippen LogP contribution is -2.44. The number of aliphatic carboxylic acids is 1. The fraction of sp³-hybridized carbons (Fsp3) is 0.929. The van der Waals surface area contributed by atoms with Gasteiger partial charge in [0.25, 0.3) is 0 Å². The summed E-state index contributed by atoms with van der Waals surface area (Å²) in [5.41, 5.74) is 0. The Morgan fingerprint density at radius 3 is 2.48 bits per heavy atom. The first-order chi connectivity index (χ1) is 10.2. The van der Waals surface area contributed by atoms with E-state index in [1.165, 1.54) is 0 Å². The van der Waals surface area contributed by atoms with Gasteiger partial charge in [0.2, 0.25) is 0 Å². The standard InChI is InChI=1S/C14H27NO6/c1-3-15(13-11-21-10-12(13)14(16)17)4-5-19-8-9-20-7-6-18-2/h12-13H,3-11H2,1-2H3,(H,16,17). The third-order valence-electron chi connectivity index (χ3n) is 3.57. The molecule has 0 aromatic rings. The number of hydrogen-bond acceptors (Lipinski definition) is 6. The van der Waals surface area contributed by atoms with Gasteiger partial charge in [0, 0.05) is 19.7 Å². The second kappa shape index (κ2) is 10.9. The summed E-state index contributed by atoms with van der Waals surface area (Å²) in [5.74, 6) is -1.23. The molecule has 124 valence electrons. The zero-order valence-electron chi connectivity index (χ0n) is 13.0. The highest BCUT2D eigenvalue weighted by molar-refractivity contribution is 5.71. The molecule has 0 aromatic carbocycles. The van der Waals surface area contributed by atoms with Crippen LogP contribution in [0.2, 0.25) is 0 Å². The Morgan fingerprint density at radius 1 is 1.19 bits per heavy atom. The first-order valence-electron chi connectivity index (χ1n) is 7.39. The van der Waals surface area contributed by atoms with Gasteiger partial charge in [-0.2, -0.15) is 0 Å². The Morgan fingerprint density at radius 2 is 1.86 bits per heavy atom. The van der Waals surface area contributed by atoms with Gasteiger partial charge in [0.15, 0.2) is 0 Å². The van der Waals surface area contributed by atoms with Crippen molar-refractivity contribution in [2.24, 2.45) is 5.92 Å². The first kappa shape index (κ1) is 18.3. The van der Waals surface area contributed by atoms with Crippen molar-refractivity contribution in [2.75, 3.05) is 66.4 Å². The van der Waals surface area contributed by atoms with Gasteiger partial charge in [-0.15, -0.1) is 0 Å². The van der Waals surface area contributed by atoms with Crippen LogP contribution in [-0.4, -0.2) is 88.5 Å². The third kappa shape index (κ3) is 6.71. The lowest BCUT2D eigenvalue weighted by Gasteiger charge is -2.28. The van der Waals surface area contributed by atoms with Crippen molar-refractivity contribution in [3.63, 3.8) is 0 Å². The SMILES string of the molecule is CCN(CCOCCOCCOC)C1COCC1C(=O)O. The Labute approximate surface area is 126 Å². The van der Waals surface area contributed by atoms with Crippen molar-refractivity contribution in [3.05, 3.63) is 0 Å². The number of nitrogens with zero attached hydrogens (tertiary/aromatic N) is 1. The van der Waals surface area contributed by atoms with E-state index in [9.17, 15) is 9.90 Å². The van der Waals surface area contributed by atoms with E-state index in [2.05, 4.69) is 4.90 Å². The molecule has 0 saturated carbocycles. The number of methoxy groups -OCH3 is 1. The van der Waals surface area contributed by atoms with Crippen LogP contribution >= 0.6 is 0 Å². The normalized spacial score (nSPS) is 22.0. The largest absolute Gasteiger partial charge is 0.481 e. The number of rotatable bonds is 12. The molecule has 7 heteroatoms. The Bertz CT molecular complexity index is 289. The van der Waals surface area contributed by atoms with Gasteiger partial charge in [0.05, 0.1) is 52.2 Å². The summed E-state index contributed by atoms with van der Waals surface area (Å²) in [5, 5.41) is 9.18. The molecule has 0 amide bonds. The van der Waals surface area contributed by atoms with E-state index in [0.717, 1.165) is 6.54 Å². The molecule has 1 aliphatic rings. The Kier molecular flexibility index (Phi) is 9.53. The Balaban J connectivity index is 2.15. The molecular formula is C14H27NO6. The van der Waals surface area contributed by atoms with Crippen LogP contribution in [0.3, 0.4) is 0 Å². The van der Waals surface area contributed by atoms with Crippen molar-refractivity contribution in [1.82, 2.24) is 4.90 Å². The van der Waals surface area contributed by atoms with Gasteiger partial charge in [0.1, 0.15) is 0 Å². The maximum absolute atomic E-state index is 11.2. The van der Waals surface area contributed by atoms with Crippen LogP contribution in [0.1, 0.15) is 6.92 Å². The minimum Gasteiger partial charge on any atom is -0.481 e. The van der Waals surface area contributed by atoms with Crippen molar-refractivity contribution >= 4 is 5.97 Å². The molecule has 21 heavy (non-hydrogen) atoms. The quantitative estimate of drug-likeness (QED) is 0.512. The topological polar surface area (TPSA) is 77.5 Å². The van der Waals surface area contributed by atoms with Crippen LogP contribution in [0.4, 0.5) is 0 Å². The summed E-state index contributed by atoms with van der Waals surface area (Å²) < 4.78 is 21.0. The highest BCUT2D eigenvalue weighted by atomic mass is 16.5. The number of carboxylic acids is 1. The molecule has 0 radical (unpaired) electrons. The summed E-state index contributed by atoms with van der Waals surface area (Å²) in [6, 6.07) is -0.0611. The molecule has 2 atom stereocenters. The zero-order chi connectivity index (χ0) is 15.5.